The molecule has 0 aliphatic rings. The topological polar surface area (TPSA) is 0 Å². The van der Waals surface area contributed by atoms with Gasteiger partial charge in [0.2, 0.25) is 0 Å². The van der Waals surface area contributed by atoms with E-state index in [1.165, 1.54) is 103 Å². The summed E-state index contributed by atoms with van der Waals surface area (Å²) in [6.07, 6.45) is 29.1. The Bertz CT molecular complexity index is 202. The predicted octanol–water partition coefficient (Wildman–Crippen LogP) is 12.7. The van der Waals surface area contributed by atoms with Crippen LogP contribution in [0.25, 0.3) is 0 Å². The Balaban J connectivity index is -0.0000000983. The van der Waals surface area contributed by atoms with Crippen LogP contribution in [-0.4, -0.2) is 0 Å². The van der Waals surface area contributed by atoms with Crippen LogP contribution in [-0.2, 0) is 0 Å². The van der Waals surface area contributed by atoms with Gasteiger partial charge in [0.15, 0.2) is 0 Å². The summed E-state index contributed by atoms with van der Waals surface area (Å²) in [5.74, 6) is 1.57. The Morgan fingerprint density at radius 3 is 1.22 bits per heavy atom. The number of hydrogen-bond acceptors (Lipinski definition) is 0. The van der Waals surface area contributed by atoms with Crippen molar-refractivity contribution in [3.8, 4) is 0 Å². The van der Waals surface area contributed by atoms with Crippen molar-refractivity contribution >= 4 is 0 Å². The number of unbranched alkanes of at least 4 members (excludes halogenated alkanes) is 14. The second kappa shape index (κ2) is 52.3. The molecule has 0 saturated carbocycles. The molecule has 0 bridgehead atoms. The normalized spacial score (nSPS) is 8.66. The second-order valence-electron chi connectivity index (χ2n) is 8.79. The molecule has 0 aromatic carbocycles. The van der Waals surface area contributed by atoms with Gasteiger partial charge in [-0.05, 0) is 51.9 Å². The summed E-state index contributed by atoms with van der Waals surface area (Å²) in [6, 6.07) is 0. The molecule has 0 atom stereocenters. The molecule has 0 N–H and O–H groups in total. The summed E-state index contributed by atoms with van der Waals surface area (Å²) >= 11 is 0. The van der Waals surface area contributed by atoms with E-state index in [2.05, 4.69) is 81.7 Å². The largest absolute Gasteiger partial charge is 0.103 e. The molecule has 0 aromatic rings. The van der Waals surface area contributed by atoms with Crippen LogP contribution >= 0.6 is 0 Å². The lowest BCUT2D eigenvalue weighted by Gasteiger charge is -1.91. The van der Waals surface area contributed by atoms with Gasteiger partial charge in [0.05, 0.1) is 79.1 Å². The molecule has 0 rings (SSSR count). The van der Waals surface area contributed by atoms with E-state index >= 15 is 0 Å². The molecule has 0 nitrogen and oxygen atoms in total. The molecule has 0 heterocycles. The van der Waals surface area contributed by atoms with Gasteiger partial charge in [0, 0.05) is 0 Å². The van der Waals surface area contributed by atoms with E-state index in [1.54, 1.807) is 12.0 Å². The Morgan fingerprint density at radius 2 is 1.00 bits per heavy atom. The summed E-state index contributed by atoms with van der Waals surface area (Å²) < 4.78 is 0. The van der Waals surface area contributed by atoms with Crippen molar-refractivity contribution in [2.75, 3.05) is 0 Å². The highest BCUT2D eigenvalue weighted by atomic mass is 14.0. The third kappa shape index (κ3) is 88.4. The quantitative estimate of drug-likeness (QED) is 0.124. The molecule has 0 spiro atoms. The van der Waals surface area contributed by atoms with Gasteiger partial charge < -0.3 is 0 Å². The van der Waals surface area contributed by atoms with Gasteiger partial charge in [-0.3, -0.25) is 0 Å². The lowest BCUT2D eigenvalue weighted by molar-refractivity contribution is 0.662. The van der Waals surface area contributed by atoms with Gasteiger partial charge in [-0.1, -0.05) is 72.3 Å². The van der Waals surface area contributed by atoms with Crippen molar-refractivity contribution in [1.82, 2.24) is 0 Å². The Kier molecular flexibility index (Phi) is 67.7. The molecule has 192 valence electrons. The van der Waals surface area contributed by atoms with Crippen LogP contribution < -0.4 is 0 Å². The minimum Gasteiger partial charge on any atom is -0.103 e. The molecular formula is C32H68+4. The molecule has 0 heteroatoms. The van der Waals surface area contributed by atoms with Gasteiger partial charge in [-0.25, -0.2) is 0 Å². The van der Waals surface area contributed by atoms with Gasteiger partial charge in [0.1, 0.15) is 0 Å². The zero-order valence-corrected chi connectivity index (χ0v) is 24.7. The van der Waals surface area contributed by atoms with Crippen molar-refractivity contribution in [1.29, 1.82) is 0 Å². The minimum absolute atomic E-state index is 1.09. The van der Waals surface area contributed by atoms with Gasteiger partial charge in [-0.15, -0.1) is 6.58 Å². The highest BCUT2D eigenvalue weighted by molar-refractivity contribution is 4.75. The number of rotatable bonds is 16. The molecule has 32 heavy (non-hydrogen) atoms. The molecule has 0 amide bonds. The summed E-state index contributed by atoms with van der Waals surface area (Å²) in [6.45, 7) is 26.5. The van der Waals surface area contributed by atoms with Crippen LogP contribution in [0.15, 0.2) is 12.7 Å². The van der Waals surface area contributed by atoms with Crippen LogP contribution in [0.4, 0.5) is 0 Å². The summed E-state index contributed by atoms with van der Waals surface area (Å²) in [7, 11) is 0. The lowest BCUT2D eigenvalue weighted by Crippen LogP contribution is -1.82. The van der Waals surface area contributed by atoms with Crippen molar-refractivity contribution < 1.29 is 0 Å². The highest BCUT2D eigenvalue weighted by Gasteiger charge is 2.00. The average molecular weight is 453 g/mol. The maximum absolute atomic E-state index is 3.68. The average Bonchev–Trinajstić information content (AvgIpc) is 2.77. The van der Waals surface area contributed by atoms with Gasteiger partial charge in [0.25, 0.3) is 0 Å². The van der Waals surface area contributed by atoms with E-state index in [0.717, 1.165) is 6.42 Å². The van der Waals surface area contributed by atoms with Crippen LogP contribution in [0, 0.1) is 25.7 Å². The van der Waals surface area contributed by atoms with E-state index in [-0.39, 0.29) is 0 Å². The lowest BCUT2D eigenvalue weighted by atomic mass is 10.1. The maximum atomic E-state index is 3.68. The van der Waals surface area contributed by atoms with E-state index in [9.17, 15) is 0 Å². The third-order valence-electron chi connectivity index (χ3n) is 4.58. The monoisotopic (exact) mass is 453 g/mol. The first-order chi connectivity index (χ1) is 15.4. The van der Waals surface area contributed by atoms with E-state index < -0.39 is 0 Å². The second-order valence-corrected chi connectivity index (χ2v) is 8.79. The van der Waals surface area contributed by atoms with Crippen LogP contribution in [0.2, 0.25) is 0 Å². The van der Waals surface area contributed by atoms with E-state index in [1.807, 2.05) is 6.92 Å². The first-order valence-electron chi connectivity index (χ1n) is 14.1. The third-order valence-corrected chi connectivity index (χ3v) is 4.58. The first kappa shape index (κ1) is 41.5. The predicted molar refractivity (Wildman–Crippen MR) is 157 cm³/mol. The van der Waals surface area contributed by atoms with Crippen molar-refractivity contribution in [2.24, 2.45) is 0 Å². The van der Waals surface area contributed by atoms with Crippen molar-refractivity contribution in [3.05, 3.63) is 38.3 Å². The SMILES string of the molecule is C=CC.CCCCC[C+](C)C.C[CH+]CCCCCC.C[CH+]CCCCCC.[CH2+]CCCC. The van der Waals surface area contributed by atoms with E-state index in [0.29, 0.717) is 0 Å². The molecule has 0 radical (unpaired) electrons. The molecule has 0 fully saturated rings. The van der Waals surface area contributed by atoms with Crippen LogP contribution in [0.5, 0.6) is 0 Å². The maximum Gasteiger partial charge on any atom is 0.0894 e. The van der Waals surface area contributed by atoms with E-state index in [4.69, 9.17) is 0 Å². The Hall–Kier alpha value is -0.780. The summed E-state index contributed by atoms with van der Waals surface area (Å²) in [5.41, 5.74) is 0. The number of hydrogen-bond donors (Lipinski definition) is 0. The molecular weight excluding hydrogens is 384 g/mol. The summed E-state index contributed by atoms with van der Waals surface area (Å²) in [4.78, 5) is 0. The zero-order chi connectivity index (χ0) is 25.7. The fourth-order valence-corrected chi connectivity index (χ4v) is 2.53. The molecule has 0 aliphatic carbocycles. The Labute approximate surface area is 209 Å². The first-order valence-corrected chi connectivity index (χ1v) is 14.1. The number of allylic oxidation sites excluding steroid dienone is 1. The van der Waals surface area contributed by atoms with Crippen LogP contribution in [0.1, 0.15) is 171 Å². The smallest absolute Gasteiger partial charge is 0.0894 e. The highest BCUT2D eigenvalue weighted by Crippen LogP contribution is 2.08. The Morgan fingerprint density at radius 1 is 0.656 bits per heavy atom. The van der Waals surface area contributed by atoms with Crippen molar-refractivity contribution in [3.63, 3.8) is 0 Å². The zero-order valence-electron chi connectivity index (χ0n) is 24.7. The van der Waals surface area contributed by atoms with Crippen LogP contribution in [0.3, 0.4) is 0 Å². The minimum atomic E-state index is 1.09. The van der Waals surface area contributed by atoms with Gasteiger partial charge >= 0.3 is 0 Å². The molecule has 0 aromatic heterocycles. The molecule has 0 unspecified atom stereocenters. The standard InChI is InChI=1S/3C8H17.C5H11.C3H6/c1-4-5-6-7-8(2)3;2*1-3-5-7-8-6-4-2;1-3-5-4-2;1-3-2/h4-7H2,1-3H3;2*3H,4-8H2,1-2H3;1,3-5H2,2H3;3H,1H2,2H3/q4*+1;. The fourth-order valence-electron chi connectivity index (χ4n) is 2.53. The summed E-state index contributed by atoms with van der Waals surface area (Å²) in [5, 5.41) is 0. The molecule has 0 saturated heterocycles. The fraction of sp³-hybridized carbons (Fsp3) is 0.812. The van der Waals surface area contributed by atoms with Gasteiger partial charge in [-0.2, -0.15) is 0 Å². The van der Waals surface area contributed by atoms with Crippen molar-refractivity contribution in [2.45, 2.75) is 171 Å². The molecule has 0 aliphatic heterocycles.